The fourth-order valence-electron chi connectivity index (χ4n) is 0. The summed E-state index contributed by atoms with van der Waals surface area (Å²) in [5.41, 5.74) is 0. The van der Waals surface area contributed by atoms with Crippen LogP contribution in [0.1, 0.15) is 0 Å². The summed E-state index contributed by atoms with van der Waals surface area (Å²) in [6, 6.07) is 0. The second-order valence-corrected chi connectivity index (χ2v) is 0. The first-order valence-corrected chi connectivity index (χ1v) is 0. The van der Waals surface area contributed by atoms with E-state index in [2.05, 4.69) is 0 Å². The quantitative estimate of drug-likeness (QED) is 0.375. The molecule has 6 nitrogen and oxygen atoms in total. The molecule has 0 bridgehead atoms. The fourth-order valence-corrected chi connectivity index (χ4v) is 0. The van der Waals surface area contributed by atoms with E-state index >= 15 is 0 Å². The van der Waals surface area contributed by atoms with Gasteiger partial charge in [0.15, 0.2) is 17.4 Å². The molecule has 12 N–H and O–H groups in total. The van der Waals surface area contributed by atoms with Crippen molar-refractivity contribution in [3.05, 3.63) is 0 Å². The van der Waals surface area contributed by atoms with Gasteiger partial charge < -0.3 is 32.9 Å². The van der Waals surface area contributed by atoms with Gasteiger partial charge in [-0.25, -0.2) is 0 Å². The molecule has 0 amide bonds. The van der Waals surface area contributed by atoms with Crippen LogP contribution in [0.3, 0.4) is 0 Å². The van der Waals surface area contributed by atoms with Gasteiger partial charge in [0.2, 0.25) is 0 Å². The minimum atomic E-state index is 0. The number of hydrogen-bond acceptors (Lipinski definition) is 0. The molecule has 0 rings (SSSR count). The van der Waals surface area contributed by atoms with E-state index in [4.69, 9.17) is 0 Å². The van der Waals surface area contributed by atoms with Crippen molar-refractivity contribution in [2.75, 3.05) is 0 Å². The van der Waals surface area contributed by atoms with Crippen molar-refractivity contribution in [2.24, 2.45) is 0 Å². The number of hydrogen-bond donors (Lipinski definition) is 0. The van der Waals surface area contributed by atoms with Gasteiger partial charge in [0.25, 0.3) is 0 Å². The third-order valence-electron chi connectivity index (χ3n) is 0. The molecule has 0 saturated heterocycles. The van der Waals surface area contributed by atoms with E-state index in [1.54, 1.807) is 0 Å². The first-order valence-electron chi connectivity index (χ1n) is 0. The van der Waals surface area contributed by atoms with Crippen LogP contribution in [0.5, 0.6) is 0 Å². The van der Waals surface area contributed by atoms with E-state index in [1.807, 2.05) is 0 Å². The van der Waals surface area contributed by atoms with Crippen LogP contribution >= 0.6 is 0 Å². The Hall–Kier alpha value is 1.11. The van der Waals surface area contributed by atoms with E-state index in [0.717, 1.165) is 0 Å². The average molecular weight is 263 g/mol. The zero-order valence-corrected chi connectivity index (χ0v) is 7.74. The van der Waals surface area contributed by atoms with Gasteiger partial charge in [-0.05, 0) is 0 Å². The summed E-state index contributed by atoms with van der Waals surface area (Å²) in [6.45, 7) is 0. The molecule has 0 heterocycles. The molecule has 0 atom stereocenters. The van der Waals surface area contributed by atoms with Crippen LogP contribution in [0.2, 0.25) is 0 Å². The van der Waals surface area contributed by atoms with Crippen LogP contribution in [0.15, 0.2) is 0 Å². The molecule has 0 aromatic carbocycles. The molecule has 0 aliphatic heterocycles. The zero-order valence-electron chi connectivity index (χ0n) is 3.71. The summed E-state index contributed by atoms with van der Waals surface area (Å²) >= 11 is 0. The van der Waals surface area contributed by atoms with Gasteiger partial charge >= 0.3 is 24.4 Å². The zero-order chi connectivity index (χ0) is 0. The summed E-state index contributed by atoms with van der Waals surface area (Å²) in [5, 5.41) is 0. The normalized spacial score (nSPS) is 0. The first kappa shape index (κ1) is 486. The molecule has 0 aromatic rings. The molecular formula is H18AlO6Sb. The Morgan fingerprint density at radius 3 is 0.375 bits per heavy atom. The minimum absolute atomic E-state index is 0. The summed E-state index contributed by atoms with van der Waals surface area (Å²) in [6.07, 6.45) is 0. The topological polar surface area (TPSA) is 189 Å². The van der Waals surface area contributed by atoms with Gasteiger partial charge in [-0.3, -0.25) is 0 Å². The Morgan fingerprint density at radius 1 is 0.375 bits per heavy atom. The summed E-state index contributed by atoms with van der Waals surface area (Å²) in [4.78, 5) is 0. The Balaban J connectivity index is 0. The molecule has 0 aliphatic rings. The van der Waals surface area contributed by atoms with Crippen molar-refractivity contribution in [1.29, 1.82) is 0 Å². The van der Waals surface area contributed by atoms with E-state index in [0.29, 0.717) is 0 Å². The average Bonchev–Trinajstić information content (AvgIpc) is 0. The fraction of sp³-hybridized carbons (Fsp3) is 0. The first-order chi connectivity index (χ1) is 0. The molecule has 0 aliphatic carbocycles. The molecule has 8 heavy (non-hydrogen) atoms. The van der Waals surface area contributed by atoms with Gasteiger partial charge in [0.1, 0.15) is 0 Å². The van der Waals surface area contributed by atoms with Gasteiger partial charge in [-0.2, -0.15) is 0 Å². The predicted molar refractivity (Wildman–Crippen MR) is 41.6 cm³/mol. The molecular weight excluding hydrogens is 245 g/mol. The monoisotopic (exact) mass is 262 g/mol. The molecule has 0 unspecified atom stereocenters. The van der Waals surface area contributed by atoms with Crippen molar-refractivity contribution in [2.45, 2.75) is 0 Å². The van der Waals surface area contributed by atoms with Gasteiger partial charge in [-0.1, -0.05) is 0 Å². The van der Waals surface area contributed by atoms with Crippen molar-refractivity contribution >= 4 is 41.8 Å². The summed E-state index contributed by atoms with van der Waals surface area (Å²) in [7, 11) is 0. The summed E-state index contributed by atoms with van der Waals surface area (Å²) in [5.74, 6) is 0. The van der Waals surface area contributed by atoms with E-state index < -0.39 is 0 Å². The second-order valence-electron chi connectivity index (χ2n) is 0. The van der Waals surface area contributed by atoms with Crippen molar-refractivity contribution < 1.29 is 32.9 Å². The molecule has 0 radical (unpaired) electrons. The van der Waals surface area contributed by atoms with Crippen molar-refractivity contribution in [3.8, 4) is 0 Å². The predicted octanol–water partition coefficient (Wildman–Crippen LogP) is -7.32. The van der Waals surface area contributed by atoms with Crippen LogP contribution in [0, 0.1) is 0 Å². The standard InChI is InChI=1S/Al.6H2O.Sb.6H/h;6*1H2;;;;;;;. The van der Waals surface area contributed by atoms with E-state index in [9.17, 15) is 0 Å². The second kappa shape index (κ2) is 332. The van der Waals surface area contributed by atoms with Crippen molar-refractivity contribution in [1.82, 2.24) is 0 Å². The maximum atomic E-state index is 0. The van der Waals surface area contributed by atoms with Crippen LogP contribution in [-0.2, 0) is 0 Å². The van der Waals surface area contributed by atoms with Crippen molar-refractivity contribution in [3.63, 3.8) is 0 Å². The van der Waals surface area contributed by atoms with Gasteiger partial charge in [0.05, 0.1) is 0 Å². The molecule has 8 heteroatoms. The Kier molecular flexibility index (Phi) is 20200. The van der Waals surface area contributed by atoms with Gasteiger partial charge in [0, 0.05) is 0 Å². The third kappa shape index (κ3) is 215. The molecule has 0 saturated carbocycles. The SMILES string of the molecule is O.O.O.O.O.O.[AlH3].[SbH3]. The molecule has 62 valence electrons. The van der Waals surface area contributed by atoms with Crippen LogP contribution in [0.4, 0.5) is 0 Å². The summed E-state index contributed by atoms with van der Waals surface area (Å²) < 4.78 is 0. The van der Waals surface area contributed by atoms with Gasteiger partial charge in [-0.15, -0.1) is 0 Å². The number of rotatable bonds is 0. The maximum absolute atomic E-state index is 0. The van der Waals surface area contributed by atoms with E-state index in [-0.39, 0.29) is 74.6 Å². The Labute approximate surface area is 74.7 Å². The Bertz CT molecular complexity index is 8.49. The van der Waals surface area contributed by atoms with Crippen LogP contribution in [0.25, 0.3) is 0 Å². The third-order valence-corrected chi connectivity index (χ3v) is 0. The molecule has 0 spiro atoms. The van der Waals surface area contributed by atoms with Crippen LogP contribution in [-0.4, -0.2) is 74.6 Å². The van der Waals surface area contributed by atoms with E-state index in [1.165, 1.54) is 0 Å². The Morgan fingerprint density at radius 2 is 0.375 bits per heavy atom. The molecule has 0 aromatic heterocycles. The van der Waals surface area contributed by atoms with Crippen LogP contribution < -0.4 is 0 Å². The molecule has 0 fully saturated rings.